The molecule has 1 aromatic rings. The van der Waals surface area contributed by atoms with E-state index in [1.807, 2.05) is 11.0 Å². The second kappa shape index (κ2) is 10.8. The van der Waals surface area contributed by atoms with Crippen LogP contribution in [0.4, 0.5) is 5.69 Å². The van der Waals surface area contributed by atoms with Crippen LogP contribution in [-0.2, 0) is 9.53 Å². The van der Waals surface area contributed by atoms with Gasteiger partial charge in [0.15, 0.2) is 0 Å². The number of nitrogens with one attached hydrogen (secondary N) is 1. The standard InChI is InChI=1S/C17H25N3O2.2ClH/c21-17(13-15-14-22-12-7-18-15)20-9-4-8-19(10-11-20)16-5-2-1-3-6-16;;/h1-3,5-6,15,18H,4,7-14H2;2*1H. The number of rotatable bonds is 3. The number of carbonyl (C=O) groups is 1. The van der Waals surface area contributed by atoms with Gasteiger partial charge in [-0.05, 0) is 18.6 Å². The minimum atomic E-state index is 0. The molecule has 2 saturated heterocycles. The molecule has 1 unspecified atom stereocenters. The van der Waals surface area contributed by atoms with E-state index in [4.69, 9.17) is 4.74 Å². The highest BCUT2D eigenvalue weighted by Gasteiger charge is 2.23. The third kappa shape index (κ3) is 5.81. The van der Waals surface area contributed by atoms with E-state index in [0.29, 0.717) is 13.0 Å². The second-order valence-corrected chi connectivity index (χ2v) is 5.99. The van der Waals surface area contributed by atoms with E-state index in [9.17, 15) is 4.79 Å². The quantitative estimate of drug-likeness (QED) is 0.876. The van der Waals surface area contributed by atoms with Crippen molar-refractivity contribution in [2.24, 2.45) is 0 Å². The summed E-state index contributed by atoms with van der Waals surface area (Å²) in [5.74, 6) is 0.248. The van der Waals surface area contributed by atoms with E-state index in [0.717, 1.165) is 45.8 Å². The van der Waals surface area contributed by atoms with Gasteiger partial charge in [-0.25, -0.2) is 0 Å². The van der Waals surface area contributed by atoms with Crippen LogP contribution in [0.15, 0.2) is 30.3 Å². The zero-order valence-electron chi connectivity index (χ0n) is 13.9. The van der Waals surface area contributed by atoms with Gasteiger partial charge < -0.3 is 19.9 Å². The zero-order valence-corrected chi connectivity index (χ0v) is 15.5. The largest absolute Gasteiger partial charge is 0.378 e. The summed E-state index contributed by atoms with van der Waals surface area (Å²) < 4.78 is 5.43. The predicted octanol–water partition coefficient (Wildman–Crippen LogP) is 1.95. The van der Waals surface area contributed by atoms with Crippen LogP contribution in [0.5, 0.6) is 0 Å². The summed E-state index contributed by atoms with van der Waals surface area (Å²) in [4.78, 5) is 16.9. The van der Waals surface area contributed by atoms with Crippen LogP contribution in [0.2, 0.25) is 0 Å². The number of carbonyl (C=O) groups excluding carboxylic acids is 1. The maximum absolute atomic E-state index is 12.5. The molecule has 0 aromatic heterocycles. The Balaban J connectivity index is 0.00000144. The summed E-state index contributed by atoms with van der Waals surface area (Å²) in [6, 6.07) is 10.6. The van der Waals surface area contributed by atoms with E-state index in [1.54, 1.807) is 0 Å². The highest BCUT2D eigenvalue weighted by molar-refractivity contribution is 5.85. The number of benzene rings is 1. The molecule has 136 valence electrons. The molecule has 1 atom stereocenters. The first-order valence-corrected chi connectivity index (χ1v) is 8.22. The van der Waals surface area contributed by atoms with Crippen molar-refractivity contribution in [3.8, 4) is 0 Å². The van der Waals surface area contributed by atoms with Crippen LogP contribution in [-0.4, -0.2) is 62.8 Å². The zero-order chi connectivity index (χ0) is 15.2. The average Bonchev–Trinajstić information content (AvgIpc) is 2.83. The van der Waals surface area contributed by atoms with Crippen LogP contribution in [0.25, 0.3) is 0 Å². The number of amides is 1. The van der Waals surface area contributed by atoms with Gasteiger partial charge in [0, 0.05) is 50.9 Å². The number of ether oxygens (including phenoxy) is 1. The molecule has 7 heteroatoms. The average molecular weight is 376 g/mol. The number of hydrogen-bond donors (Lipinski definition) is 1. The van der Waals surface area contributed by atoms with Crippen LogP contribution in [0.1, 0.15) is 12.8 Å². The summed E-state index contributed by atoms with van der Waals surface area (Å²) in [5, 5.41) is 3.36. The maximum atomic E-state index is 12.5. The number of halogens is 2. The smallest absolute Gasteiger partial charge is 0.224 e. The van der Waals surface area contributed by atoms with Gasteiger partial charge in [0.25, 0.3) is 0 Å². The molecule has 1 N–H and O–H groups in total. The van der Waals surface area contributed by atoms with Crippen LogP contribution < -0.4 is 10.2 Å². The number of para-hydroxylation sites is 1. The minimum absolute atomic E-state index is 0. The van der Waals surface area contributed by atoms with E-state index in [-0.39, 0.29) is 36.8 Å². The summed E-state index contributed by atoms with van der Waals surface area (Å²) >= 11 is 0. The van der Waals surface area contributed by atoms with Gasteiger partial charge >= 0.3 is 0 Å². The first-order valence-electron chi connectivity index (χ1n) is 8.22. The van der Waals surface area contributed by atoms with Gasteiger partial charge in [0.1, 0.15) is 0 Å². The van der Waals surface area contributed by atoms with Crippen molar-refractivity contribution in [2.75, 3.05) is 50.8 Å². The Hall–Kier alpha value is -1.01. The van der Waals surface area contributed by atoms with Crippen molar-refractivity contribution >= 4 is 36.4 Å². The van der Waals surface area contributed by atoms with Crippen molar-refractivity contribution in [3.05, 3.63) is 30.3 Å². The van der Waals surface area contributed by atoms with Gasteiger partial charge in [-0.3, -0.25) is 4.79 Å². The lowest BCUT2D eigenvalue weighted by Gasteiger charge is -2.27. The molecule has 2 aliphatic rings. The van der Waals surface area contributed by atoms with E-state index < -0.39 is 0 Å². The Kier molecular flexibility index (Phi) is 9.44. The lowest BCUT2D eigenvalue weighted by atomic mass is 10.1. The molecule has 0 bridgehead atoms. The predicted molar refractivity (Wildman–Crippen MR) is 102 cm³/mol. The Morgan fingerprint density at radius 2 is 1.92 bits per heavy atom. The van der Waals surface area contributed by atoms with Gasteiger partial charge in [-0.2, -0.15) is 0 Å². The molecule has 1 amide bonds. The molecule has 2 heterocycles. The Morgan fingerprint density at radius 1 is 1.12 bits per heavy atom. The number of hydrogen-bond acceptors (Lipinski definition) is 4. The Bertz CT molecular complexity index is 484. The first kappa shape index (κ1) is 21.0. The Morgan fingerprint density at radius 3 is 2.62 bits per heavy atom. The molecule has 5 nitrogen and oxygen atoms in total. The SMILES string of the molecule is Cl.Cl.O=C(CC1COCCN1)N1CCCN(c2ccccc2)CC1. The molecule has 3 rings (SSSR count). The van der Waals surface area contributed by atoms with Crippen molar-refractivity contribution in [3.63, 3.8) is 0 Å². The number of morpholine rings is 1. The summed E-state index contributed by atoms with van der Waals surface area (Å²) in [6.45, 7) is 5.83. The van der Waals surface area contributed by atoms with Gasteiger partial charge in [-0.1, -0.05) is 18.2 Å². The topological polar surface area (TPSA) is 44.8 Å². The number of anilines is 1. The highest BCUT2D eigenvalue weighted by atomic mass is 35.5. The molecule has 0 aliphatic carbocycles. The van der Waals surface area contributed by atoms with Gasteiger partial charge in [0.2, 0.25) is 5.91 Å². The van der Waals surface area contributed by atoms with E-state index in [2.05, 4.69) is 34.5 Å². The van der Waals surface area contributed by atoms with Crippen molar-refractivity contribution in [2.45, 2.75) is 18.9 Å². The molecule has 24 heavy (non-hydrogen) atoms. The van der Waals surface area contributed by atoms with Crippen LogP contribution in [0.3, 0.4) is 0 Å². The van der Waals surface area contributed by atoms with Gasteiger partial charge in [-0.15, -0.1) is 24.8 Å². The molecule has 2 aliphatic heterocycles. The summed E-state index contributed by atoms with van der Waals surface area (Å²) in [6.07, 6.45) is 1.57. The molecule has 0 radical (unpaired) electrons. The van der Waals surface area contributed by atoms with Crippen LogP contribution in [0, 0.1) is 0 Å². The summed E-state index contributed by atoms with van der Waals surface area (Å²) in [7, 11) is 0. The second-order valence-electron chi connectivity index (χ2n) is 5.99. The lowest BCUT2D eigenvalue weighted by molar-refractivity contribution is -0.132. The minimum Gasteiger partial charge on any atom is -0.378 e. The molecular formula is C17H27Cl2N3O2. The fourth-order valence-electron chi connectivity index (χ4n) is 3.15. The maximum Gasteiger partial charge on any atom is 0.224 e. The monoisotopic (exact) mass is 375 g/mol. The highest BCUT2D eigenvalue weighted by Crippen LogP contribution is 2.16. The van der Waals surface area contributed by atoms with E-state index in [1.165, 1.54) is 5.69 Å². The fraction of sp³-hybridized carbons (Fsp3) is 0.588. The number of nitrogens with zero attached hydrogens (tertiary/aromatic N) is 2. The fourth-order valence-corrected chi connectivity index (χ4v) is 3.15. The third-order valence-electron chi connectivity index (χ3n) is 4.39. The normalized spacial score (nSPS) is 21.2. The van der Waals surface area contributed by atoms with Gasteiger partial charge in [0.05, 0.1) is 13.2 Å². The molecule has 2 fully saturated rings. The lowest BCUT2D eigenvalue weighted by Crippen LogP contribution is -2.45. The molecule has 0 spiro atoms. The molecule has 0 saturated carbocycles. The molecule has 1 aromatic carbocycles. The van der Waals surface area contributed by atoms with Crippen LogP contribution >= 0.6 is 24.8 Å². The Labute approximate surface area is 156 Å². The third-order valence-corrected chi connectivity index (χ3v) is 4.39. The van der Waals surface area contributed by atoms with Crippen molar-refractivity contribution < 1.29 is 9.53 Å². The van der Waals surface area contributed by atoms with Crippen molar-refractivity contribution in [1.82, 2.24) is 10.2 Å². The molecular weight excluding hydrogens is 349 g/mol. The summed E-state index contributed by atoms with van der Waals surface area (Å²) in [5.41, 5.74) is 1.25. The van der Waals surface area contributed by atoms with Crippen molar-refractivity contribution in [1.29, 1.82) is 0 Å². The van der Waals surface area contributed by atoms with E-state index >= 15 is 0 Å². The first-order chi connectivity index (χ1) is 10.8.